The van der Waals surface area contributed by atoms with Gasteiger partial charge < -0.3 is 20.4 Å². The highest BCUT2D eigenvalue weighted by molar-refractivity contribution is 6.16. The number of carbonyl (C=O) groups excluding carboxylic acids is 3. The monoisotopic (exact) mass is 509 g/mol. The van der Waals surface area contributed by atoms with Crippen LogP contribution in [0.15, 0.2) is 54.6 Å². The normalized spacial score (nSPS) is 14.0. The van der Waals surface area contributed by atoms with E-state index in [9.17, 15) is 14.4 Å². The Morgan fingerprint density at radius 2 is 1.76 bits per heavy atom. The Hall–Kier alpha value is -4.39. The second kappa shape index (κ2) is 9.49. The van der Waals surface area contributed by atoms with E-state index in [0.717, 1.165) is 56.8 Å². The third-order valence-corrected chi connectivity index (χ3v) is 6.93. The number of aryl methyl sites for hydroxylation is 1. The van der Waals surface area contributed by atoms with Crippen LogP contribution in [0, 0.1) is 6.92 Å². The minimum atomic E-state index is -0.525. The summed E-state index contributed by atoms with van der Waals surface area (Å²) in [4.78, 5) is 41.2. The summed E-state index contributed by atoms with van der Waals surface area (Å²) in [7, 11) is 0. The van der Waals surface area contributed by atoms with Crippen molar-refractivity contribution in [2.45, 2.75) is 39.7 Å². The van der Waals surface area contributed by atoms with Crippen LogP contribution in [0.3, 0.4) is 0 Å². The summed E-state index contributed by atoms with van der Waals surface area (Å²) in [5.74, 6) is -0.512. The highest BCUT2D eigenvalue weighted by Gasteiger charge is 2.24. The summed E-state index contributed by atoms with van der Waals surface area (Å²) in [6, 6.07) is 15.7. The third-order valence-electron chi connectivity index (χ3n) is 6.93. The molecule has 5 rings (SSSR count). The van der Waals surface area contributed by atoms with E-state index < -0.39 is 11.5 Å². The van der Waals surface area contributed by atoms with Crippen molar-refractivity contribution >= 4 is 45.7 Å². The molecule has 1 aliphatic rings. The number of aldehydes is 1. The van der Waals surface area contributed by atoms with Crippen molar-refractivity contribution in [1.82, 2.24) is 9.88 Å². The SMILES string of the molecule is Cc1cc(-c2cc(C(N)=O)c3[nH]c4cc(C5=CCN(C(=O)OC(C)(C)C)CC5)ccc4c3c2)ccc1C=O. The average Bonchev–Trinajstić information content (AvgIpc) is 3.24. The van der Waals surface area contributed by atoms with Crippen LogP contribution >= 0.6 is 0 Å². The fraction of sp³-hybridized carbons (Fsp3) is 0.258. The summed E-state index contributed by atoms with van der Waals surface area (Å²) >= 11 is 0. The molecule has 0 spiro atoms. The van der Waals surface area contributed by atoms with Gasteiger partial charge in [-0.25, -0.2) is 4.79 Å². The van der Waals surface area contributed by atoms with Gasteiger partial charge in [-0.05, 0) is 80.1 Å². The highest BCUT2D eigenvalue weighted by Crippen LogP contribution is 2.35. The molecule has 2 amide bonds. The smallest absolute Gasteiger partial charge is 0.410 e. The Bertz CT molecular complexity index is 1640. The van der Waals surface area contributed by atoms with Gasteiger partial charge in [0.05, 0.1) is 11.1 Å². The summed E-state index contributed by atoms with van der Waals surface area (Å²) in [5, 5.41) is 1.89. The maximum Gasteiger partial charge on any atom is 0.410 e. The van der Waals surface area contributed by atoms with Crippen LogP contribution in [0.1, 0.15) is 59.0 Å². The third kappa shape index (κ3) is 4.79. The molecular weight excluding hydrogens is 478 g/mol. The van der Waals surface area contributed by atoms with Gasteiger partial charge in [0.25, 0.3) is 5.91 Å². The Morgan fingerprint density at radius 3 is 2.39 bits per heavy atom. The number of nitrogens with one attached hydrogen (secondary N) is 1. The lowest BCUT2D eigenvalue weighted by atomic mass is 9.95. The van der Waals surface area contributed by atoms with E-state index in [1.165, 1.54) is 0 Å². The minimum absolute atomic E-state index is 0.301. The quantitative estimate of drug-likeness (QED) is 0.318. The predicted molar refractivity (Wildman–Crippen MR) is 150 cm³/mol. The van der Waals surface area contributed by atoms with Crippen molar-refractivity contribution in [3.05, 3.63) is 76.9 Å². The second-order valence-electron chi connectivity index (χ2n) is 10.8. The number of hydrogen-bond donors (Lipinski definition) is 2. The first-order chi connectivity index (χ1) is 18.0. The lowest BCUT2D eigenvalue weighted by molar-refractivity contribution is 0.0270. The van der Waals surface area contributed by atoms with Crippen LogP contribution in [0.25, 0.3) is 38.5 Å². The molecule has 0 unspecified atom stereocenters. The van der Waals surface area contributed by atoms with Crippen molar-refractivity contribution in [1.29, 1.82) is 0 Å². The molecule has 0 radical (unpaired) electrons. The van der Waals surface area contributed by atoms with Gasteiger partial charge in [0.1, 0.15) is 11.9 Å². The average molecular weight is 510 g/mol. The van der Waals surface area contributed by atoms with Gasteiger partial charge >= 0.3 is 6.09 Å². The summed E-state index contributed by atoms with van der Waals surface area (Å²) in [5.41, 5.74) is 12.8. The molecular formula is C31H31N3O4. The van der Waals surface area contributed by atoms with Gasteiger partial charge in [-0.1, -0.05) is 36.4 Å². The lowest BCUT2D eigenvalue weighted by Crippen LogP contribution is -2.39. The molecule has 0 bridgehead atoms. The number of nitrogens with two attached hydrogens (primary N) is 1. The summed E-state index contributed by atoms with van der Waals surface area (Å²) < 4.78 is 5.50. The van der Waals surface area contributed by atoms with E-state index in [0.29, 0.717) is 29.7 Å². The van der Waals surface area contributed by atoms with Gasteiger partial charge in [-0.3, -0.25) is 9.59 Å². The van der Waals surface area contributed by atoms with E-state index >= 15 is 0 Å². The Balaban J connectivity index is 1.52. The van der Waals surface area contributed by atoms with Crippen molar-refractivity contribution in [2.24, 2.45) is 5.73 Å². The lowest BCUT2D eigenvalue weighted by Gasteiger charge is -2.29. The number of fused-ring (bicyclic) bond motifs is 3. The molecule has 3 N–H and O–H groups in total. The predicted octanol–water partition coefficient (Wildman–Crippen LogP) is 6.23. The van der Waals surface area contributed by atoms with E-state index in [2.05, 4.69) is 29.3 Å². The van der Waals surface area contributed by atoms with Crippen LogP contribution in [0.2, 0.25) is 0 Å². The Labute approximate surface area is 221 Å². The number of aromatic amines is 1. The maximum absolute atomic E-state index is 12.4. The number of aromatic nitrogens is 1. The van der Waals surface area contributed by atoms with Crippen molar-refractivity contribution < 1.29 is 19.1 Å². The second-order valence-corrected chi connectivity index (χ2v) is 10.8. The molecule has 1 aromatic heterocycles. The molecule has 0 aliphatic carbocycles. The first-order valence-corrected chi connectivity index (χ1v) is 12.7. The largest absolute Gasteiger partial charge is 0.444 e. The van der Waals surface area contributed by atoms with E-state index in [4.69, 9.17) is 10.5 Å². The number of ether oxygens (including phenoxy) is 1. The molecule has 0 saturated heterocycles. The zero-order chi connectivity index (χ0) is 27.2. The Morgan fingerprint density at radius 1 is 1.00 bits per heavy atom. The van der Waals surface area contributed by atoms with Gasteiger partial charge in [0.2, 0.25) is 0 Å². The van der Waals surface area contributed by atoms with E-state index in [1.807, 2.05) is 45.9 Å². The van der Waals surface area contributed by atoms with Gasteiger partial charge in [-0.2, -0.15) is 0 Å². The number of hydrogen-bond acceptors (Lipinski definition) is 4. The number of amides is 2. The molecule has 7 heteroatoms. The molecule has 38 heavy (non-hydrogen) atoms. The summed E-state index contributed by atoms with van der Waals surface area (Å²) in [6.45, 7) is 8.56. The van der Waals surface area contributed by atoms with Crippen LogP contribution in [0.5, 0.6) is 0 Å². The van der Waals surface area contributed by atoms with E-state index in [-0.39, 0.29) is 6.09 Å². The van der Waals surface area contributed by atoms with Crippen molar-refractivity contribution in [3.8, 4) is 11.1 Å². The molecule has 0 atom stereocenters. The van der Waals surface area contributed by atoms with Crippen LogP contribution in [-0.2, 0) is 4.74 Å². The molecule has 4 aromatic rings. The van der Waals surface area contributed by atoms with Gasteiger partial charge in [0, 0.05) is 34.9 Å². The number of rotatable bonds is 4. The number of carbonyl (C=O) groups is 3. The summed E-state index contributed by atoms with van der Waals surface area (Å²) in [6.07, 6.45) is 3.32. The molecule has 0 saturated carbocycles. The fourth-order valence-electron chi connectivity index (χ4n) is 4.98. The Kier molecular flexibility index (Phi) is 6.31. The minimum Gasteiger partial charge on any atom is -0.444 e. The van der Waals surface area contributed by atoms with E-state index in [1.54, 1.807) is 17.0 Å². The van der Waals surface area contributed by atoms with Crippen LogP contribution < -0.4 is 5.73 Å². The van der Waals surface area contributed by atoms with Crippen LogP contribution in [-0.4, -0.2) is 46.9 Å². The van der Waals surface area contributed by atoms with Gasteiger partial charge in [0.15, 0.2) is 0 Å². The topological polar surface area (TPSA) is 105 Å². The number of primary amides is 1. The molecule has 0 fully saturated rings. The molecule has 194 valence electrons. The molecule has 1 aliphatic heterocycles. The molecule has 2 heterocycles. The standard InChI is InChI=1S/C31H31N3O4/c1-18-13-20(5-6-22(18)17-35)23-14-25-24-8-7-21(16-27(24)33-28(25)26(15-23)29(32)36)19-9-11-34(12-10-19)30(37)38-31(2,3)4/h5-9,13-17,33H,10-12H2,1-4H3,(H2,32,36). The molecule has 3 aromatic carbocycles. The van der Waals surface area contributed by atoms with Crippen molar-refractivity contribution in [2.75, 3.05) is 13.1 Å². The number of benzene rings is 3. The number of nitrogens with zero attached hydrogens (tertiary/aromatic N) is 1. The first-order valence-electron chi connectivity index (χ1n) is 12.7. The molecule has 7 nitrogen and oxygen atoms in total. The van der Waals surface area contributed by atoms with Crippen molar-refractivity contribution in [3.63, 3.8) is 0 Å². The zero-order valence-electron chi connectivity index (χ0n) is 22.1. The highest BCUT2D eigenvalue weighted by atomic mass is 16.6. The number of H-pyrrole nitrogens is 1. The fourth-order valence-corrected chi connectivity index (χ4v) is 4.98. The first kappa shape index (κ1) is 25.3. The maximum atomic E-state index is 12.4. The van der Waals surface area contributed by atoms with Gasteiger partial charge in [-0.15, -0.1) is 0 Å². The zero-order valence-corrected chi connectivity index (χ0v) is 22.1. The van der Waals surface area contributed by atoms with Crippen LogP contribution in [0.4, 0.5) is 4.79 Å².